The van der Waals surface area contributed by atoms with Crippen LogP contribution in [0.25, 0.3) is 0 Å². The van der Waals surface area contributed by atoms with Crippen molar-refractivity contribution in [3.05, 3.63) is 29.3 Å². The molecule has 1 aromatic carbocycles. The predicted molar refractivity (Wildman–Crippen MR) is 74.9 cm³/mol. The van der Waals surface area contributed by atoms with E-state index in [2.05, 4.69) is 17.3 Å². The van der Waals surface area contributed by atoms with E-state index in [1.54, 1.807) is 19.2 Å². The van der Waals surface area contributed by atoms with E-state index in [9.17, 15) is 13.2 Å². The number of piperidine rings is 1. The first-order valence-corrected chi connectivity index (χ1v) is 6.96. The molecule has 2 rings (SSSR count). The molecule has 5 heteroatoms. The van der Waals surface area contributed by atoms with E-state index in [-0.39, 0.29) is 0 Å². The van der Waals surface area contributed by atoms with Gasteiger partial charge in [0.05, 0.1) is 5.56 Å². The third-order valence-corrected chi connectivity index (χ3v) is 4.05. The summed E-state index contributed by atoms with van der Waals surface area (Å²) in [6.07, 6.45) is -1.82. The topological polar surface area (TPSA) is 15.3 Å². The maximum Gasteiger partial charge on any atom is 0.416 e. The van der Waals surface area contributed by atoms with Crippen molar-refractivity contribution in [2.24, 2.45) is 5.92 Å². The Morgan fingerprint density at radius 3 is 2.45 bits per heavy atom. The van der Waals surface area contributed by atoms with E-state index in [4.69, 9.17) is 0 Å². The third-order valence-electron chi connectivity index (χ3n) is 4.05. The zero-order valence-electron chi connectivity index (χ0n) is 11.9. The number of benzene rings is 1. The fraction of sp³-hybridized carbons (Fsp3) is 0.600. The molecule has 2 nitrogen and oxygen atoms in total. The molecule has 0 radical (unpaired) electrons. The summed E-state index contributed by atoms with van der Waals surface area (Å²) in [5.74, 6) is 0.354. The van der Waals surface area contributed by atoms with Gasteiger partial charge in [-0.25, -0.2) is 0 Å². The molecule has 0 aromatic heterocycles. The first-order valence-electron chi connectivity index (χ1n) is 6.96. The lowest BCUT2D eigenvalue weighted by atomic mass is 9.88. The zero-order chi connectivity index (χ0) is 14.8. The predicted octanol–water partition coefficient (Wildman–Crippen LogP) is 3.63. The van der Waals surface area contributed by atoms with Gasteiger partial charge in [-0.05, 0) is 63.0 Å². The summed E-state index contributed by atoms with van der Waals surface area (Å²) in [6, 6.07) is 4.55. The maximum atomic E-state index is 13.1. The van der Waals surface area contributed by atoms with Crippen LogP contribution >= 0.6 is 0 Å². The molecular formula is C15H21F3N2. The summed E-state index contributed by atoms with van der Waals surface area (Å²) in [4.78, 5) is 2.23. The van der Waals surface area contributed by atoms with Gasteiger partial charge in [-0.15, -0.1) is 0 Å². The van der Waals surface area contributed by atoms with Crippen molar-refractivity contribution in [1.29, 1.82) is 0 Å². The van der Waals surface area contributed by atoms with Crippen molar-refractivity contribution in [3.63, 3.8) is 0 Å². The zero-order valence-corrected chi connectivity index (χ0v) is 11.9. The quantitative estimate of drug-likeness (QED) is 0.912. The van der Waals surface area contributed by atoms with Crippen LogP contribution in [0.15, 0.2) is 18.2 Å². The molecule has 1 saturated heterocycles. The van der Waals surface area contributed by atoms with Crippen molar-refractivity contribution < 1.29 is 13.2 Å². The molecule has 0 spiro atoms. The summed E-state index contributed by atoms with van der Waals surface area (Å²) >= 11 is 0. The first-order chi connectivity index (χ1) is 9.40. The number of halogens is 3. The molecule has 112 valence electrons. The van der Waals surface area contributed by atoms with Gasteiger partial charge in [-0.3, -0.25) is 0 Å². The van der Waals surface area contributed by atoms with Gasteiger partial charge < -0.3 is 10.2 Å². The van der Waals surface area contributed by atoms with Crippen molar-refractivity contribution in [3.8, 4) is 0 Å². The fourth-order valence-electron chi connectivity index (χ4n) is 2.75. The molecule has 1 aliphatic rings. The van der Waals surface area contributed by atoms with Gasteiger partial charge in [-0.1, -0.05) is 6.07 Å². The highest BCUT2D eigenvalue weighted by atomic mass is 19.4. The van der Waals surface area contributed by atoms with Crippen LogP contribution in [-0.2, 0) is 12.6 Å². The molecular weight excluding hydrogens is 265 g/mol. The summed E-state index contributed by atoms with van der Waals surface area (Å²) in [5, 5.41) is 2.77. The average molecular weight is 286 g/mol. The van der Waals surface area contributed by atoms with Crippen LogP contribution in [0.4, 0.5) is 18.9 Å². The number of anilines is 1. The van der Waals surface area contributed by atoms with E-state index in [1.807, 2.05) is 0 Å². The normalized spacial score (nSPS) is 18.2. The monoisotopic (exact) mass is 286 g/mol. The fourth-order valence-corrected chi connectivity index (χ4v) is 2.75. The minimum atomic E-state index is -4.28. The highest BCUT2D eigenvalue weighted by Gasteiger charge is 2.34. The van der Waals surface area contributed by atoms with E-state index < -0.39 is 11.7 Å². The Morgan fingerprint density at radius 1 is 1.25 bits per heavy atom. The van der Waals surface area contributed by atoms with Gasteiger partial charge in [0.2, 0.25) is 0 Å². The molecule has 1 aromatic rings. The van der Waals surface area contributed by atoms with Crippen LogP contribution in [-0.4, -0.2) is 32.1 Å². The third kappa shape index (κ3) is 3.66. The number of rotatable bonds is 3. The second-order valence-corrected chi connectivity index (χ2v) is 5.57. The highest BCUT2D eigenvalue weighted by molar-refractivity contribution is 5.49. The number of likely N-dealkylation sites (tertiary alicyclic amines) is 1. The summed E-state index contributed by atoms with van der Waals surface area (Å²) in [5.41, 5.74) is 0.429. The van der Waals surface area contributed by atoms with Crippen molar-refractivity contribution >= 4 is 5.69 Å². The standard InChI is InChI=1S/C15H21F3N2/c1-19-13-4-3-12(14(10-13)15(16,17)18)9-11-5-7-20(2)8-6-11/h3-4,10-11,19H,5-9H2,1-2H3. The van der Waals surface area contributed by atoms with Gasteiger partial charge >= 0.3 is 6.18 Å². The van der Waals surface area contributed by atoms with Crippen molar-refractivity contribution in [1.82, 2.24) is 4.90 Å². The Bertz CT molecular complexity index is 449. The highest BCUT2D eigenvalue weighted by Crippen LogP contribution is 2.35. The van der Waals surface area contributed by atoms with Crippen molar-refractivity contribution in [2.45, 2.75) is 25.4 Å². The van der Waals surface area contributed by atoms with Crippen LogP contribution in [0.3, 0.4) is 0 Å². The van der Waals surface area contributed by atoms with Crippen LogP contribution in [0.2, 0.25) is 0 Å². The largest absolute Gasteiger partial charge is 0.416 e. The lowest BCUT2D eigenvalue weighted by Crippen LogP contribution is -2.31. The number of alkyl halides is 3. The van der Waals surface area contributed by atoms with E-state index >= 15 is 0 Å². The van der Waals surface area contributed by atoms with Crippen LogP contribution in [0, 0.1) is 5.92 Å². The van der Waals surface area contributed by atoms with Crippen LogP contribution < -0.4 is 5.32 Å². The number of hydrogen-bond donors (Lipinski definition) is 1. The summed E-state index contributed by atoms with van der Waals surface area (Å²) < 4.78 is 39.4. The lowest BCUT2D eigenvalue weighted by Gasteiger charge is -2.29. The first kappa shape index (κ1) is 15.2. The van der Waals surface area contributed by atoms with Gasteiger partial charge in [0, 0.05) is 12.7 Å². The number of nitrogens with one attached hydrogen (secondary N) is 1. The lowest BCUT2D eigenvalue weighted by molar-refractivity contribution is -0.138. The van der Waals surface area contributed by atoms with Gasteiger partial charge in [-0.2, -0.15) is 13.2 Å². The van der Waals surface area contributed by atoms with Gasteiger partial charge in [0.25, 0.3) is 0 Å². The Balaban J connectivity index is 2.18. The molecule has 0 saturated carbocycles. The molecule has 0 amide bonds. The Labute approximate surface area is 118 Å². The second kappa shape index (κ2) is 6.04. The van der Waals surface area contributed by atoms with E-state index in [1.165, 1.54) is 6.07 Å². The molecule has 1 fully saturated rings. The molecule has 20 heavy (non-hydrogen) atoms. The second-order valence-electron chi connectivity index (χ2n) is 5.57. The Kier molecular flexibility index (Phi) is 4.58. The maximum absolute atomic E-state index is 13.1. The molecule has 1 aliphatic heterocycles. The van der Waals surface area contributed by atoms with Crippen molar-refractivity contribution in [2.75, 3.05) is 32.5 Å². The van der Waals surface area contributed by atoms with Gasteiger partial charge in [0.1, 0.15) is 0 Å². The molecule has 0 unspecified atom stereocenters. The Hall–Kier alpha value is -1.23. The SMILES string of the molecule is CNc1ccc(CC2CCN(C)CC2)c(C(F)(F)F)c1. The average Bonchev–Trinajstić information content (AvgIpc) is 2.40. The molecule has 1 N–H and O–H groups in total. The number of hydrogen-bond acceptors (Lipinski definition) is 2. The van der Waals surface area contributed by atoms with E-state index in [0.29, 0.717) is 23.6 Å². The minimum Gasteiger partial charge on any atom is -0.388 e. The molecule has 1 heterocycles. The summed E-state index contributed by atoms with van der Waals surface area (Å²) in [7, 11) is 3.69. The van der Waals surface area contributed by atoms with Crippen LogP contribution in [0.1, 0.15) is 24.0 Å². The molecule has 0 atom stereocenters. The van der Waals surface area contributed by atoms with Gasteiger partial charge in [0.15, 0.2) is 0 Å². The van der Waals surface area contributed by atoms with E-state index in [0.717, 1.165) is 25.9 Å². The van der Waals surface area contributed by atoms with Crippen LogP contribution in [0.5, 0.6) is 0 Å². The molecule has 0 aliphatic carbocycles. The summed E-state index contributed by atoms with van der Waals surface area (Å²) in [6.45, 7) is 1.95. The Morgan fingerprint density at radius 2 is 1.90 bits per heavy atom. The number of nitrogens with zero attached hydrogens (tertiary/aromatic N) is 1. The molecule has 0 bridgehead atoms. The smallest absolute Gasteiger partial charge is 0.388 e. The minimum absolute atomic E-state index is 0.354.